The topological polar surface area (TPSA) is 68.4 Å². The van der Waals surface area contributed by atoms with Crippen LogP contribution in [0.4, 0.5) is 0 Å². The number of hydrogen-bond donors (Lipinski definition) is 3. The molecule has 5 heteroatoms. The number of H-pyrrole nitrogens is 1. The Hall–Kier alpha value is -3.83. The summed E-state index contributed by atoms with van der Waals surface area (Å²) in [5.41, 5.74) is 6.47. The molecule has 1 amide bonds. The molecular formula is C30H31N3O2. The molecule has 1 aliphatic heterocycles. The van der Waals surface area contributed by atoms with Gasteiger partial charge in [0, 0.05) is 47.8 Å². The van der Waals surface area contributed by atoms with Gasteiger partial charge in [-0.2, -0.15) is 0 Å². The molecule has 0 spiro atoms. The summed E-state index contributed by atoms with van der Waals surface area (Å²) in [6.07, 6.45) is 5.86. The molecule has 0 radical (unpaired) electrons. The number of phenols is 1. The number of phenolic OH excluding ortho intramolecular Hbond substituents is 1. The van der Waals surface area contributed by atoms with Crippen LogP contribution in [-0.2, 0) is 19.5 Å². The van der Waals surface area contributed by atoms with Crippen LogP contribution in [0.25, 0.3) is 17.0 Å². The van der Waals surface area contributed by atoms with Gasteiger partial charge in [-0.1, -0.05) is 60.7 Å². The average molecular weight is 466 g/mol. The number of aromatic hydroxyl groups is 1. The Labute approximate surface area is 206 Å². The average Bonchev–Trinajstić information content (AvgIpc) is 3.21. The van der Waals surface area contributed by atoms with E-state index in [1.807, 2.05) is 48.5 Å². The number of rotatable bonds is 7. The number of aromatic amines is 1. The molecule has 5 rings (SSSR count). The molecule has 0 aliphatic carbocycles. The molecule has 0 saturated carbocycles. The molecule has 3 N–H and O–H groups in total. The minimum absolute atomic E-state index is 0.0276. The van der Waals surface area contributed by atoms with Crippen molar-refractivity contribution in [2.45, 2.75) is 38.9 Å². The Balaban J connectivity index is 1.24. The molecule has 1 aromatic heterocycles. The highest BCUT2D eigenvalue weighted by Gasteiger charge is 2.27. The van der Waals surface area contributed by atoms with Crippen molar-refractivity contribution < 1.29 is 9.90 Å². The van der Waals surface area contributed by atoms with Crippen molar-refractivity contribution in [2.75, 3.05) is 6.54 Å². The van der Waals surface area contributed by atoms with Crippen molar-refractivity contribution in [2.24, 2.45) is 0 Å². The highest BCUT2D eigenvalue weighted by atomic mass is 16.3. The van der Waals surface area contributed by atoms with E-state index >= 15 is 0 Å². The van der Waals surface area contributed by atoms with E-state index in [1.54, 1.807) is 6.07 Å². The summed E-state index contributed by atoms with van der Waals surface area (Å²) in [5, 5.41) is 14.1. The van der Waals surface area contributed by atoms with E-state index in [9.17, 15) is 9.90 Å². The Morgan fingerprint density at radius 1 is 1.11 bits per heavy atom. The van der Waals surface area contributed by atoms with Crippen LogP contribution in [0.1, 0.15) is 46.1 Å². The number of benzene rings is 3. The molecule has 2 heterocycles. The van der Waals surface area contributed by atoms with Gasteiger partial charge in [0.15, 0.2) is 0 Å². The lowest BCUT2D eigenvalue weighted by atomic mass is 9.96. The standard InChI is InChI=1S/C30H31N3O2/c1-21-17-26-27-18-24(34)14-15-28(27)32-29(26)20-33(21)19-23-12-5-6-13-25(23)30(35)31-16-8-7-11-22-9-3-2-4-10-22/h2-7,9-15,18,21,32,34H,8,16-17,19-20H2,1H3,(H,31,35). The maximum absolute atomic E-state index is 13.0. The van der Waals surface area contributed by atoms with E-state index < -0.39 is 0 Å². The smallest absolute Gasteiger partial charge is 0.251 e. The van der Waals surface area contributed by atoms with Gasteiger partial charge in [-0.3, -0.25) is 9.69 Å². The van der Waals surface area contributed by atoms with Gasteiger partial charge in [0.25, 0.3) is 5.91 Å². The zero-order chi connectivity index (χ0) is 24.2. The lowest BCUT2D eigenvalue weighted by molar-refractivity contribution is 0.0950. The van der Waals surface area contributed by atoms with Crippen LogP contribution in [0, 0.1) is 0 Å². The first-order chi connectivity index (χ1) is 17.1. The van der Waals surface area contributed by atoms with Crippen molar-refractivity contribution in [1.82, 2.24) is 15.2 Å². The summed E-state index contributed by atoms with van der Waals surface area (Å²) in [6.45, 7) is 4.32. The predicted molar refractivity (Wildman–Crippen MR) is 141 cm³/mol. The fourth-order valence-corrected chi connectivity index (χ4v) is 4.90. The summed E-state index contributed by atoms with van der Waals surface area (Å²) in [7, 11) is 0. The van der Waals surface area contributed by atoms with E-state index in [1.165, 1.54) is 11.3 Å². The Morgan fingerprint density at radius 3 is 2.77 bits per heavy atom. The van der Waals surface area contributed by atoms with Gasteiger partial charge in [0.05, 0.1) is 0 Å². The van der Waals surface area contributed by atoms with E-state index in [2.05, 4.69) is 52.5 Å². The predicted octanol–water partition coefficient (Wildman–Crippen LogP) is 5.65. The van der Waals surface area contributed by atoms with Crippen LogP contribution < -0.4 is 5.32 Å². The fourth-order valence-electron chi connectivity index (χ4n) is 4.90. The minimum Gasteiger partial charge on any atom is -0.508 e. The van der Waals surface area contributed by atoms with Gasteiger partial charge in [0.2, 0.25) is 0 Å². The normalized spacial score (nSPS) is 16.0. The van der Waals surface area contributed by atoms with Crippen molar-refractivity contribution in [3.63, 3.8) is 0 Å². The summed E-state index contributed by atoms with van der Waals surface area (Å²) in [4.78, 5) is 18.9. The van der Waals surface area contributed by atoms with E-state index in [-0.39, 0.29) is 5.91 Å². The van der Waals surface area contributed by atoms with Gasteiger partial charge in [0.1, 0.15) is 5.75 Å². The third-order valence-corrected chi connectivity index (χ3v) is 6.80. The van der Waals surface area contributed by atoms with Crippen molar-refractivity contribution in [3.05, 3.63) is 107 Å². The largest absolute Gasteiger partial charge is 0.508 e. The van der Waals surface area contributed by atoms with Crippen LogP contribution in [0.2, 0.25) is 0 Å². The summed E-state index contributed by atoms with van der Waals surface area (Å²) in [6, 6.07) is 23.9. The number of carbonyl (C=O) groups excluding carboxylic acids is 1. The first kappa shape index (κ1) is 22.9. The summed E-state index contributed by atoms with van der Waals surface area (Å²) in [5.74, 6) is 0.269. The number of aromatic nitrogens is 1. The first-order valence-electron chi connectivity index (χ1n) is 12.2. The van der Waals surface area contributed by atoms with Gasteiger partial charge >= 0.3 is 0 Å². The summed E-state index contributed by atoms with van der Waals surface area (Å²) < 4.78 is 0. The maximum atomic E-state index is 13.0. The van der Waals surface area contributed by atoms with Gasteiger partial charge in [-0.15, -0.1) is 0 Å². The molecule has 0 saturated heterocycles. The molecule has 1 aliphatic rings. The fraction of sp³-hybridized carbons (Fsp3) is 0.233. The monoisotopic (exact) mass is 465 g/mol. The van der Waals surface area contributed by atoms with Crippen LogP contribution in [-0.4, -0.2) is 33.5 Å². The zero-order valence-electron chi connectivity index (χ0n) is 20.0. The number of nitrogens with one attached hydrogen (secondary N) is 2. The highest BCUT2D eigenvalue weighted by molar-refractivity contribution is 5.95. The summed E-state index contributed by atoms with van der Waals surface area (Å²) >= 11 is 0. The third-order valence-electron chi connectivity index (χ3n) is 6.80. The number of carbonyl (C=O) groups is 1. The van der Waals surface area contributed by atoms with Gasteiger partial charge in [-0.25, -0.2) is 0 Å². The number of hydrogen-bond acceptors (Lipinski definition) is 3. The minimum atomic E-state index is -0.0276. The zero-order valence-corrected chi connectivity index (χ0v) is 20.0. The lowest BCUT2D eigenvalue weighted by Crippen LogP contribution is -2.38. The first-order valence-corrected chi connectivity index (χ1v) is 12.2. The van der Waals surface area contributed by atoms with Crippen molar-refractivity contribution >= 4 is 22.9 Å². The van der Waals surface area contributed by atoms with Crippen molar-refractivity contribution in [1.29, 1.82) is 0 Å². The number of amides is 1. The molecule has 178 valence electrons. The molecular weight excluding hydrogens is 434 g/mol. The van der Waals surface area contributed by atoms with E-state index in [0.29, 0.717) is 24.9 Å². The number of fused-ring (bicyclic) bond motifs is 3. The van der Waals surface area contributed by atoms with Crippen LogP contribution in [0.3, 0.4) is 0 Å². The van der Waals surface area contributed by atoms with Crippen LogP contribution in [0.15, 0.2) is 78.9 Å². The molecule has 3 aromatic carbocycles. The SMILES string of the molecule is CC1Cc2c([nH]c3ccc(O)cc23)CN1Cc1ccccc1C(=O)NCCC=Cc1ccccc1. The Bertz CT molecular complexity index is 1360. The van der Waals surface area contributed by atoms with E-state index in [4.69, 9.17) is 0 Å². The molecule has 5 nitrogen and oxygen atoms in total. The maximum Gasteiger partial charge on any atom is 0.251 e. The van der Waals surface area contributed by atoms with Gasteiger partial charge in [-0.05, 0) is 60.7 Å². The second-order valence-electron chi connectivity index (χ2n) is 9.28. The molecule has 0 bridgehead atoms. The quantitative estimate of drug-likeness (QED) is 0.309. The molecule has 35 heavy (non-hydrogen) atoms. The Kier molecular flexibility index (Phi) is 6.68. The van der Waals surface area contributed by atoms with Gasteiger partial charge < -0.3 is 15.4 Å². The lowest BCUT2D eigenvalue weighted by Gasteiger charge is -2.34. The van der Waals surface area contributed by atoms with Crippen LogP contribution in [0.5, 0.6) is 5.75 Å². The van der Waals surface area contributed by atoms with Crippen LogP contribution >= 0.6 is 0 Å². The molecule has 1 unspecified atom stereocenters. The van der Waals surface area contributed by atoms with E-state index in [0.717, 1.165) is 47.0 Å². The molecule has 0 fully saturated rings. The number of nitrogens with zero attached hydrogens (tertiary/aromatic N) is 1. The molecule has 4 aromatic rings. The second-order valence-corrected chi connectivity index (χ2v) is 9.28. The third kappa shape index (κ3) is 5.15. The van der Waals surface area contributed by atoms with Crippen molar-refractivity contribution in [3.8, 4) is 5.75 Å². The highest BCUT2D eigenvalue weighted by Crippen LogP contribution is 2.33. The Morgan fingerprint density at radius 2 is 1.91 bits per heavy atom. The second kappa shape index (κ2) is 10.2. The molecule has 1 atom stereocenters.